The Morgan fingerprint density at radius 3 is 0.669 bits per heavy atom. The van der Waals surface area contributed by atoms with Gasteiger partial charge < -0.3 is 14.4 Å². The van der Waals surface area contributed by atoms with Gasteiger partial charge in [-0.2, -0.15) is 0 Å². The van der Waals surface area contributed by atoms with Gasteiger partial charge in [0.15, 0.2) is 0 Å². The molecule has 0 bridgehead atoms. The zero-order chi connectivity index (χ0) is 88.4. The fourth-order valence-corrected chi connectivity index (χ4v) is 21.2. The van der Waals surface area contributed by atoms with E-state index >= 15 is 0 Å². The van der Waals surface area contributed by atoms with Crippen molar-refractivity contribution in [2.75, 3.05) is 9.80 Å². The summed E-state index contributed by atoms with van der Waals surface area (Å²) >= 11 is 0. The van der Waals surface area contributed by atoms with Crippen molar-refractivity contribution >= 4 is 77.5 Å². The molecule has 0 N–H and O–H groups in total. The minimum Gasteiger partial charge on any atom is -0.311 e. The number of hydrogen-bond donors (Lipinski definition) is 0. The Labute approximate surface area is 777 Å². The summed E-state index contributed by atoms with van der Waals surface area (Å²) in [6, 6.07) is 200. The molecule has 0 atom stereocenters. The molecule has 1 heterocycles. The lowest BCUT2D eigenvalue weighted by atomic mass is 9.67. The molecule has 0 unspecified atom stereocenters. The average Bonchev–Trinajstić information content (AvgIpc) is 1.54. The largest absolute Gasteiger partial charge is 0.311 e. The molecule has 2 aliphatic rings. The van der Waals surface area contributed by atoms with Crippen molar-refractivity contribution < 1.29 is 0 Å². The maximum atomic E-state index is 2.38. The summed E-state index contributed by atoms with van der Waals surface area (Å²) in [6.45, 7) is 0. The van der Waals surface area contributed by atoms with Crippen LogP contribution in [0.4, 0.5) is 34.1 Å². The highest BCUT2D eigenvalue weighted by Gasteiger charge is 2.47. The van der Waals surface area contributed by atoms with Crippen LogP contribution < -0.4 is 9.80 Å². The SMILES string of the molecule is c1ccc(-c2c3ccccc3c(-c3ccc(-n4c5ccccc5c5ccccc54)cc3)c3ccccc23)cc1.c1ccc(-c2ccc(N(c3ccccc3)c3ccc(-c4ccc(C5(c6ccccc6)c6ccccc6-c6ccccc65)cc4)cc3)cc2)cc1.c1ccc(-c2ccc(N(c3ccccc3)c3ccc(C4(c5ccccc5)c5ccccc5-c5ccccc54)cc3)cc2)cc1. The van der Waals surface area contributed by atoms with Crippen LogP contribution in [0.15, 0.2) is 552 Å². The minimum absolute atomic E-state index is 0.386. The first kappa shape index (κ1) is 80.3. The van der Waals surface area contributed by atoms with E-state index in [9.17, 15) is 0 Å². The third-order valence-electron chi connectivity index (χ3n) is 27.1. The number of anilines is 6. The molecule has 0 fully saturated rings. The quantitative estimate of drug-likeness (QED) is 0.0894. The lowest BCUT2D eigenvalue weighted by Gasteiger charge is -2.34. The molecule has 133 heavy (non-hydrogen) atoms. The number of hydrogen-bond acceptors (Lipinski definition) is 2. The van der Waals surface area contributed by atoms with Crippen molar-refractivity contribution in [2.45, 2.75) is 10.8 Å². The molecule has 23 aromatic rings. The summed E-state index contributed by atoms with van der Waals surface area (Å²) in [5, 5.41) is 7.68. The first-order valence-electron chi connectivity index (χ1n) is 45.9. The monoisotopic (exact) mass is 1690 g/mol. The van der Waals surface area contributed by atoms with E-state index in [1.165, 1.54) is 171 Å². The molecule has 2 aliphatic carbocycles. The van der Waals surface area contributed by atoms with Crippen LogP contribution in [0.2, 0.25) is 0 Å². The lowest BCUT2D eigenvalue weighted by Crippen LogP contribution is -2.28. The van der Waals surface area contributed by atoms with Gasteiger partial charge in [-0.3, -0.25) is 0 Å². The Hall–Kier alpha value is -17.2. The summed E-state index contributed by atoms with van der Waals surface area (Å²) < 4.78 is 2.38. The third kappa shape index (κ3) is 14.4. The molecular weight excluding hydrogens is 1600 g/mol. The highest BCUT2D eigenvalue weighted by atomic mass is 15.1. The van der Waals surface area contributed by atoms with Crippen molar-refractivity contribution in [1.29, 1.82) is 0 Å². The van der Waals surface area contributed by atoms with Crippen molar-refractivity contribution in [1.82, 2.24) is 4.57 Å². The number of para-hydroxylation sites is 4. The number of nitrogens with zero attached hydrogens (tertiary/aromatic N) is 3. The van der Waals surface area contributed by atoms with Crippen LogP contribution in [-0.2, 0) is 10.8 Å². The Morgan fingerprint density at radius 2 is 0.346 bits per heavy atom. The molecule has 626 valence electrons. The summed E-state index contributed by atoms with van der Waals surface area (Å²) in [5.41, 5.74) is 37.5. The second-order valence-electron chi connectivity index (χ2n) is 34.4. The van der Waals surface area contributed by atoms with Crippen molar-refractivity contribution in [3.63, 3.8) is 0 Å². The van der Waals surface area contributed by atoms with Gasteiger partial charge in [0.05, 0.1) is 21.9 Å². The molecule has 0 amide bonds. The zero-order valence-electron chi connectivity index (χ0n) is 73.4. The van der Waals surface area contributed by atoms with E-state index < -0.39 is 5.41 Å². The molecule has 0 saturated carbocycles. The predicted octanol–water partition coefficient (Wildman–Crippen LogP) is 34.5. The summed E-state index contributed by atoms with van der Waals surface area (Å²) in [7, 11) is 0. The number of fused-ring (bicyclic) bond motifs is 11. The third-order valence-corrected chi connectivity index (χ3v) is 27.1. The van der Waals surface area contributed by atoms with E-state index in [1.54, 1.807) is 0 Å². The highest BCUT2D eigenvalue weighted by molar-refractivity contribution is 6.21. The van der Waals surface area contributed by atoms with Crippen molar-refractivity contribution in [3.05, 3.63) is 597 Å². The predicted molar refractivity (Wildman–Crippen MR) is 560 cm³/mol. The van der Waals surface area contributed by atoms with Crippen molar-refractivity contribution in [3.8, 4) is 83.6 Å². The summed E-state index contributed by atoms with van der Waals surface area (Å²) in [4.78, 5) is 4.66. The molecule has 0 aliphatic heterocycles. The van der Waals surface area contributed by atoms with Gasteiger partial charge in [-0.25, -0.2) is 0 Å². The smallest absolute Gasteiger partial charge is 0.0713 e. The fourth-order valence-electron chi connectivity index (χ4n) is 21.2. The summed E-state index contributed by atoms with van der Waals surface area (Å²) in [5.74, 6) is 0. The first-order valence-corrected chi connectivity index (χ1v) is 45.9. The number of aromatic nitrogens is 1. The average molecular weight is 1700 g/mol. The van der Waals surface area contributed by atoms with Gasteiger partial charge in [0.2, 0.25) is 0 Å². The van der Waals surface area contributed by atoms with Gasteiger partial charge in [0.1, 0.15) is 0 Å². The van der Waals surface area contributed by atoms with E-state index in [-0.39, 0.29) is 5.41 Å². The van der Waals surface area contributed by atoms with Crippen LogP contribution in [0.25, 0.3) is 127 Å². The van der Waals surface area contributed by atoms with E-state index in [0.717, 1.165) is 34.1 Å². The molecule has 3 heteroatoms. The molecular formula is C130H91N3. The summed E-state index contributed by atoms with van der Waals surface area (Å²) in [6.07, 6.45) is 0. The van der Waals surface area contributed by atoms with E-state index in [2.05, 4.69) is 566 Å². The Balaban J connectivity index is 0.000000114. The Bertz CT molecular complexity index is 7880. The molecule has 3 nitrogen and oxygen atoms in total. The standard InChI is InChI=1S/C49H35N.C43H31N.C38H25N/c1-4-14-36(15-5-1)38-26-32-43(33-27-38)50(42-18-8-3-9-19-42)44-34-28-39(29-35-44)37-24-30-41(31-25-37)49(40-16-6-2-7-17-40)47-22-12-10-20-45(47)46-21-11-13-23-48(46)49;1-4-14-32(15-5-1)33-24-28-37(29-25-33)44(36-18-8-3-9-19-36)38-30-26-35(27-31-38)43(34-16-6-2-7-17-34)41-22-12-10-20-39(41)40-21-11-13-23-42(40)43;1-2-12-26(13-3-1)37-31-16-4-6-18-33(31)38(34-19-7-5-17-32(34)37)27-22-24-28(25-23-27)39-35-20-10-8-14-29(35)30-15-9-11-21-36(30)39/h1-35H;1-31H;1-25H. The van der Waals surface area contributed by atoms with Crippen LogP contribution in [0.5, 0.6) is 0 Å². The van der Waals surface area contributed by atoms with Gasteiger partial charge in [-0.15, -0.1) is 0 Å². The maximum Gasteiger partial charge on any atom is 0.0713 e. The van der Waals surface area contributed by atoms with Crippen LogP contribution in [-0.4, -0.2) is 4.57 Å². The molecule has 22 aromatic carbocycles. The molecule has 0 saturated heterocycles. The van der Waals surface area contributed by atoms with Gasteiger partial charge >= 0.3 is 0 Å². The van der Waals surface area contributed by atoms with E-state index in [1.807, 2.05) is 0 Å². The molecule has 25 rings (SSSR count). The second-order valence-corrected chi connectivity index (χ2v) is 34.4. The van der Waals surface area contributed by atoms with Crippen LogP contribution >= 0.6 is 0 Å². The molecule has 0 spiro atoms. The first-order chi connectivity index (χ1) is 66.0. The van der Waals surface area contributed by atoms with Crippen LogP contribution in [0, 0.1) is 0 Å². The minimum atomic E-state index is -0.401. The Morgan fingerprint density at radius 1 is 0.143 bits per heavy atom. The van der Waals surface area contributed by atoms with Gasteiger partial charge in [-0.05, 0) is 241 Å². The highest BCUT2D eigenvalue weighted by Crippen LogP contribution is 2.59. The maximum absolute atomic E-state index is 2.38. The molecule has 1 aromatic heterocycles. The normalized spacial score (nSPS) is 12.3. The van der Waals surface area contributed by atoms with Gasteiger partial charge in [0, 0.05) is 50.6 Å². The topological polar surface area (TPSA) is 11.4 Å². The zero-order valence-corrected chi connectivity index (χ0v) is 73.4. The van der Waals surface area contributed by atoms with E-state index in [4.69, 9.17) is 0 Å². The second kappa shape index (κ2) is 35.1. The lowest BCUT2D eigenvalue weighted by molar-refractivity contribution is 0.768. The number of rotatable bonds is 16. The fraction of sp³-hybridized carbons (Fsp3) is 0.0154. The number of benzene rings is 22. The molecule has 0 radical (unpaired) electrons. The van der Waals surface area contributed by atoms with Crippen LogP contribution in [0.1, 0.15) is 44.5 Å². The van der Waals surface area contributed by atoms with Crippen molar-refractivity contribution in [2.24, 2.45) is 0 Å². The van der Waals surface area contributed by atoms with Gasteiger partial charge in [0.25, 0.3) is 0 Å². The van der Waals surface area contributed by atoms with Gasteiger partial charge in [-0.1, -0.05) is 455 Å². The Kier molecular flexibility index (Phi) is 21.2. The van der Waals surface area contributed by atoms with E-state index in [0.29, 0.717) is 0 Å². The van der Waals surface area contributed by atoms with Crippen LogP contribution in [0.3, 0.4) is 0 Å².